The lowest BCUT2D eigenvalue weighted by Crippen LogP contribution is -2.36. The van der Waals surface area contributed by atoms with Crippen molar-refractivity contribution < 1.29 is 4.74 Å². The summed E-state index contributed by atoms with van der Waals surface area (Å²) in [6.45, 7) is 3.97. The minimum absolute atomic E-state index is 0.447. The molecule has 1 aromatic rings. The van der Waals surface area contributed by atoms with Crippen LogP contribution in [0.4, 0.5) is 5.69 Å². The summed E-state index contributed by atoms with van der Waals surface area (Å²) in [5.74, 6) is 0. The van der Waals surface area contributed by atoms with Gasteiger partial charge in [0.05, 0.1) is 31.1 Å². The summed E-state index contributed by atoms with van der Waals surface area (Å²) in [5.41, 5.74) is 1.14. The van der Waals surface area contributed by atoms with Crippen molar-refractivity contribution in [2.75, 3.05) is 38.7 Å². The Bertz CT molecular complexity index is 366. The molecule has 0 atom stereocenters. The zero-order chi connectivity index (χ0) is 11.7. The first kappa shape index (κ1) is 11.0. The maximum absolute atomic E-state index is 5.17. The molecular weight excluding hydrogens is 216 g/mol. The average molecular weight is 236 g/mol. The molecule has 1 N–H and O–H groups in total. The number of hydrogen-bond donors (Lipinski definition) is 1. The van der Waals surface area contributed by atoms with Crippen LogP contribution in [0.25, 0.3) is 0 Å². The molecule has 2 aliphatic heterocycles. The summed E-state index contributed by atoms with van der Waals surface area (Å²) in [6.07, 6.45) is 6.46. The molecule has 2 aliphatic rings. The van der Waals surface area contributed by atoms with Gasteiger partial charge in [0.25, 0.3) is 0 Å². The zero-order valence-corrected chi connectivity index (χ0v) is 10.3. The van der Waals surface area contributed by atoms with Crippen molar-refractivity contribution in [3.8, 4) is 0 Å². The van der Waals surface area contributed by atoms with Gasteiger partial charge in [0.2, 0.25) is 0 Å². The summed E-state index contributed by atoms with van der Waals surface area (Å²) >= 11 is 0. The standard InChI is InChI=1S/C12H20N4O/c1-15-4-2-10(3-5-15)14-11-6-13-16(7-11)12-8-17-9-12/h6-7,10,12,14H,2-5,8-9H2,1H3. The Morgan fingerprint density at radius 3 is 2.76 bits per heavy atom. The van der Waals surface area contributed by atoms with Crippen LogP contribution in [0.1, 0.15) is 18.9 Å². The molecule has 17 heavy (non-hydrogen) atoms. The highest BCUT2D eigenvalue weighted by molar-refractivity contribution is 5.39. The Balaban J connectivity index is 1.55. The zero-order valence-electron chi connectivity index (χ0n) is 10.3. The molecule has 2 saturated heterocycles. The van der Waals surface area contributed by atoms with Crippen LogP contribution in [-0.4, -0.2) is 54.1 Å². The minimum Gasteiger partial charge on any atom is -0.380 e. The molecule has 0 unspecified atom stereocenters. The molecule has 94 valence electrons. The van der Waals surface area contributed by atoms with Crippen LogP contribution in [0.2, 0.25) is 0 Å². The number of anilines is 1. The number of piperidine rings is 1. The summed E-state index contributed by atoms with van der Waals surface area (Å²) < 4.78 is 7.19. The highest BCUT2D eigenvalue weighted by atomic mass is 16.5. The molecule has 3 heterocycles. The van der Waals surface area contributed by atoms with Crippen molar-refractivity contribution in [3.63, 3.8) is 0 Å². The van der Waals surface area contributed by atoms with E-state index in [9.17, 15) is 0 Å². The van der Waals surface area contributed by atoms with E-state index in [-0.39, 0.29) is 0 Å². The average Bonchev–Trinajstić information content (AvgIpc) is 2.67. The third-order valence-electron chi connectivity index (χ3n) is 3.69. The van der Waals surface area contributed by atoms with Gasteiger partial charge in [0, 0.05) is 12.2 Å². The fourth-order valence-electron chi connectivity index (χ4n) is 2.38. The first-order chi connectivity index (χ1) is 8.31. The predicted molar refractivity (Wildman–Crippen MR) is 66.2 cm³/mol. The number of rotatable bonds is 3. The smallest absolute Gasteiger partial charge is 0.0986 e. The third kappa shape index (κ3) is 2.45. The molecule has 0 amide bonds. The first-order valence-electron chi connectivity index (χ1n) is 6.38. The molecule has 0 spiro atoms. The van der Waals surface area contributed by atoms with Gasteiger partial charge in [-0.15, -0.1) is 0 Å². The van der Waals surface area contributed by atoms with E-state index in [2.05, 4.69) is 28.6 Å². The Kier molecular flexibility index (Phi) is 3.03. The van der Waals surface area contributed by atoms with E-state index < -0.39 is 0 Å². The summed E-state index contributed by atoms with van der Waals surface area (Å²) in [7, 11) is 2.19. The fraction of sp³-hybridized carbons (Fsp3) is 0.750. The lowest BCUT2D eigenvalue weighted by atomic mass is 10.1. The summed E-state index contributed by atoms with van der Waals surface area (Å²) in [4.78, 5) is 2.38. The van der Waals surface area contributed by atoms with Gasteiger partial charge in [-0.05, 0) is 33.0 Å². The van der Waals surface area contributed by atoms with E-state index in [1.54, 1.807) is 0 Å². The highest BCUT2D eigenvalue weighted by Crippen LogP contribution is 2.20. The largest absolute Gasteiger partial charge is 0.380 e. The fourth-order valence-corrected chi connectivity index (χ4v) is 2.38. The molecule has 0 aromatic carbocycles. The normalized spacial score (nSPS) is 23.6. The Morgan fingerprint density at radius 2 is 2.12 bits per heavy atom. The van der Waals surface area contributed by atoms with Crippen molar-refractivity contribution in [2.45, 2.75) is 24.9 Å². The van der Waals surface area contributed by atoms with Gasteiger partial charge in [-0.25, -0.2) is 0 Å². The number of aromatic nitrogens is 2. The molecule has 0 bridgehead atoms. The van der Waals surface area contributed by atoms with Crippen molar-refractivity contribution in [2.24, 2.45) is 0 Å². The molecule has 5 heteroatoms. The lowest BCUT2D eigenvalue weighted by Gasteiger charge is -2.29. The number of hydrogen-bond acceptors (Lipinski definition) is 4. The second-order valence-electron chi connectivity index (χ2n) is 5.12. The second kappa shape index (κ2) is 4.66. The van der Waals surface area contributed by atoms with Crippen LogP contribution < -0.4 is 5.32 Å². The summed E-state index contributed by atoms with van der Waals surface area (Å²) in [6, 6.07) is 1.05. The van der Waals surface area contributed by atoms with Gasteiger partial charge in [0.15, 0.2) is 0 Å². The molecule has 0 saturated carbocycles. The van der Waals surface area contributed by atoms with E-state index in [0.29, 0.717) is 12.1 Å². The quantitative estimate of drug-likeness (QED) is 0.849. The molecule has 1 aromatic heterocycles. The van der Waals surface area contributed by atoms with E-state index in [4.69, 9.17) is 4.74 Å². The van der Waals surface area contributed by atoms with Crippen molar-refractivity contribution in [1.82, 2.24) is 14.7 Å². The number of nitrogens with zero attached hydrogens (tertiary/aromatic N) is 3. The molecule has 0 radical (unpaired) electrons. The third-order valence-corrected chi connectivity index (χ3v) is 3.69. The highest BCUT2D eigenvalue weighted by Gasteiger charge is 2.22. The molecular formula is C12H20N4O. The van der Waals surface area contributed by atoms with E-state index in [0.717, 1.165) is 18.9 Å². The van der Waals surface area contributed by atoms with Crippen LogP contribution >= 0.6 is 0 Å². The monoisotopic (exact) mass is 236 g/mol. The number of ether oxygens (including phenoxy) is 1. The molecule has 5 nitrogen and oxygen atoms in total. The van der Waals surface area contributed by atoms with Crippen molar-refractivity contribution in [3.05, 3.63) is 12.4 Å². The van der Waals surface area contributed by atoms with Crippen LogP contribution in [0.5, 0.6) is 0 Å². The number of likely N-dealkylation sites (tertiary alicyclic amines) is 1. The van der Waals surface area contributed by atoms with E-state index in [1.165, 1.54) is 25.9 Å². The Morgan fingerprint density at radius 1 is 1.35 bits per heavy atom. The van der Waals surface area contributed by atoms with Crippen molar-refractivity contribution in [1.29, 1.82) is 0 Å². The van der Waals surface area contributed by atoms with Crippen molar-refractivity contribution >= 4 is 5.69 Å². The lowest BCUT2D eigenvalue weighted by molar-refractivity contribution is -0.0286. The van der Waals surface area contributed by atoms with Crippen LogP contribution in [-0.2, 0) is 4.74 Å². The van der Waals surface area contributed by atoms with Gasteiger partial charge in [-0.1, -0.05) is 0 Å². The van der Waals surface area contributed by atoms with Crippen LogP contribution in [0.15, 0.2) is 12.4 Å². The maximum Gasteiger partial charge on any atom is 0.0986 e. The van der Waals surface area contributed by atoms with Gasteiger partial charge in [0.1, 0.15) is 0 Å². The molecule has 3 rings (SSSR count). The van der Waals surface area contributed by atoms with Crippen LogP contribution in [0, 0.1) is 0 Å². The predicted octanol–water partition coefficient (Wildman–Crippen LogP) is 0.960. The Hall–Kier alpha value is -1.07. The van der Waals surface area contributed by atoms with E-state index >= 15 is 0 Å². The minimum atomic E-state index is 0.447. The maximum atomic E-state index is 5.17. The number of nitrogens with one attached hydrogen (secondary N) is 1. The molecule has 2 fully saturated rings. The Labute approximate surface area is 102 Å². The topological polar surface area (TPSA) is 42.3 Å². The first-order valence-corrected chi connectivity index (χ1v) is 6.38. The molecule has 0 aliphatic carbocycles. The van der Waals surface area contributed by atoms with E-state index in [1.807, 2.05) is 10.9 Å². The van der Waals surface area contributed by atoms with Crippen LogP contribution in [0.3, 0.4) is 0 Å². The van der Waals surface area contributed by atoms with Gasteiger partial charge < -0.3 is 15.0 Å². The second-order valence-corrected chi connectivity index (χ2v) is 5.12. The van der Waals surface area contributed by atoms with Gasteiger partial charge in [-0.2, -0.15) is 5.10 Å². The summed E-state index contributed by atoms with van der Waals surface area (Å²) in [5, 5.41) is 7.96. The van der Waals surface area contributed by atoms with Gasteiger partial charge in [-0.3, -0.25) is 4.68 Å². The SMILES string of the molecule is CN1CCC(Nc2cnn(C3COC3)c2)CC1. The van der Waals surface area contributed by atoms with Gasteiger partial charge >= 0.3 is 0 Å².